The van der Waals surface area contributed by atoms with E-state index in [-0.39, 0.29) is 31.6 Å². The third kappa shape index (κ3) is 10.8. The lowest BCUT2D eigenvalue weighted by molar-refractivity contribution is -0.147. The van der Waals surface area contributed by atoms with Crippen LogP contribution in [0, 0.1) is 11.8 Å². The average molecular weight is 819 g/mol. The van der Waals surface area contributed by atoms with Crippen LogP contribution in [0.15, 0.2) is 42.9 Å². The summed E-state index contributed by atoms with van der Waals surface area (Å²) in [6.07, 6.45) is 4.17. The number of ketones is 1. The molecule has 2 aromatic rings. The first kappa shape index (κ1) is 44.2. The minimum atomic E-state index is -1.27. The van der Waals surface area contributed by atoms with Crippen molar-refractivity contribution in [1.29, 1.82) is 0 Å². The average Bonchev–Trinajstić information content (AvgIpc) is 3.93. The van der Waals surface area contributed by atoms with Crippen molar-refractivity contribution in [3.8, 4) is 0 Å². The van der Waals surface area contributed by atoms with Crippen LogP contribution in [0.3, 0.4) is 0 Å². The van der Waals surface area contributed by atoms with E-state index >= 15 is 0 Å². The number of unbranched alkanes of at least 4 members (excludes halogenated alkanes) is 1. The zero-order chi connectivity index (χ0) is 43.0. The van der Waals surface area contributed by atoms with Gasteiger partial charge in [0, 0.05) is 31.9 Å². The van der Waals surface area contributed by atoms with Crippen LogP contribution in [0.2, 0.25) is 0 Å². The van der Waals surface area contributed by atoms with E-state index in [4.69, 9.17) is 9.47 Å². The number of rotatable bonds is 16. The molecule has 2 saturated heterocycles. The van der Waals surface area contributed by atoms with Crippen LogP contribution in [-0.2, 0) is 51.2 Å². The van der Waals surface area contributed by atoms with Crippen LogP contribution in [0.1, 0.15) is 81.9 Å². The maximum atomic E-state index is 14.6. The lowest BCUT2D eigenvalue weighted by atomic mass is 9.98. The number of amides is 6. The number of likely N-dealkylation sites (tertiary alicyclic amines) is 1. The molecule has 59 heavy (non-hydrogen) atoms. The van der Waals surface area contributed by atoms with E-state index in [0.717, 1.165) is 16.0 Å². The molecule has 18 heteroatoms. The Morgan fingerprint density at radius 1 is 0.864 bits per heavy atom. The number of nitrogens with one attached hydrogen (secondary N) is 3. The summed E-state index contributed by atoms with van der Waals surface area (Å²) >= 11 is 0. The standard InChI is InChI=1S/C41H54N8O10/c1-7-8-13-28(34(50)39(55)49-22-31(49)40(56)58-6)44-36(52)30-18-27(59-41(57)47-17-14-25-11-9-10-12-26(25)20-47)21-48(30)38(54)33(24(4)5)46-37(53)32(23(2)3)45-35(51)29-19-42-15-16-43-29/h9-12,15-16,19,23-24,27-28,30-33H,7-8,13-14,17-18,20-22H2,1-6H3,(H,44,52)(H,45,51)(H,46,53)/t27-,28+,30+,31?,32+,33+,49?/m1/s1. The summed E-state index contributed by atoms with van der Waals surface area (Å²) in [5.41, 5.74) is 2.11. The third-order valence-corrected chi connectivity index (χ3v) is 10.8. The fourth-order valence-corrected chi connectivity index (χ4v) is 7.28. The number of hydrogen-bond donors (Lipinski definition) is 3. The second-order valence-corrected chi connectivity index (χ2v) is 15.8. The van der Waals surface area contributed by atoms with Gasteiger partial charge in [0.15, 0.2) is 0 Å². The Morgan fingerprint density at radius 3 is 2.22 bits per heavy atom. The first-order chi connectivity index (χ1) is 28.1. The lowest BCUT2D eigenvalue weighted by Gasteiger charge is -2.32. The van der Waals surface area contributed by atoms with Crippen molar-refractivity contribution in [3.05, 3.63) is 59.7 Å². The highest BCUT2D eigenvalue weighted by atomic mass is 16.6. The number of esters is 1. The van der Waals surface area contributed by atoms with Crippen LogP contribution in [0.25, 0.3) is 0 Å². The minimum Gasteiger partial charge on any atom is -0.467 e. The summed E-state index contributed by atoms with van der Waals surface area (Å²) < 4.78 is 10.6. The van der Waals surface area contributed by atoms with Gasteiger partial charge in [-0.1, -0.05) is 71.7 Å². The predicted octanol–water partition coefficient (Wildman–Crippen LogP) is 1.16. The highest BCUT2D eigenvalue weighted by molar-refractivity contribution is 6.39. The van der Waals surface area contributed by atoms with Crippen LogP contribution < -0.4 is 16.0 Å². The van der Waals surface area contributed by atoms with Gasteiger partial charge in [-0.25, -0.2) is 14.6 Å². The van der Waals surface area contributed by atoms with Gasteiger partial charge in [0.25, 0.3) is 11.8 Å². The van der Waals surface area contributed by atoms with Crippen LogP contribution in [0.5, 0.6) is 0 Å². The summed E-state index contributed by atoms with van der Waals surface area (Å²) in [6, 6.07) is 2.07. The second-order valence-electron chi connectivity index (χ2n) is 15.8. The lowest BCUT2D eigenvalue weighted by Crippen LogP contribution is -2.59. The molecule has 1 aromatic heterocycles. The predicted molar refractivity (Wildman–Crippen MR) is 210 cm³/mol. The van der Waals surface area contributed by atoms with Crippen LogP contribution >= 0.6 is 0 Å². The maximum absolute atomic E-state index is 14.6. The Balaban J connectivity index is 1.36. The molecule has 0 spiro atoms. The quantitative estimate of drug-likeness (QED) is 0.123. The molecular formula is C41H54N8O10. The van der Waals surface area contributed by atoms with E-state index in [1.165, 1.54) is 30.6 Å². The highest BCUT2D eigenvalue weighted by Gasteiger charge is 2.50. The Morgan fingerprint density at radius 2 is 1.58 bits per heavy atom. The number of hydrogen-bond acceptors (Lipinski definition) is 12. The molecule has 18 nitrogen and oxygen atoms in total. The Bertz CT molecular complexity index is 1910. The first-order valence-electron chi connectivity index (χ1n) is 20.1. The molecule has 0 bridgehead atoms. The van der Waals surface area contributed by atoms with Gasteiger partial charge >= 0.3 is 12.1 Å². The fraction of sp³-hybridized carbons (Fsp3) is 0.561. The second kappa shape index (κ2) is 19.7. The van der Waals surface area contributed by atoms with Crippen molar-refractivity contribution >= 4 is 47.4 Å². The molecule has 1 aromatic carbocycles. The van der Waals surface area contributed by atoms with Crippen molar-refractivity contribution in [2.24, 2.45) is 11.8 Å². The van der Waals surface area contributed by atoms with Gasteiger partial charge in [0.05, 0.1) is 32.4 Å². The number of nitrogens with zero attached hydrogens (tertiary/aromatic N) is 5. The largest absolute Gasteiger partial charge is 0.467 e. The van der Waals surface area contributed by atoms with Gasteiger partial charge in [0.2, 0.25) is 23.5 Å². The van der Waals surface area contributed by atoms with E-state index in [1.807, 2.05) is 31.2 Å². The smallest absolute Gasteiger partial charge is 0.410 e. The molecule has 2 fully saturated rings. The van der Waals surface area contributed by atoms with Crippen molar-refractivity contribution in [3.63, 3.8) is 0 Å². The molecule has 5 rings (SSSR count). The minimum absolute atomic E-state index is 0.00210. The molecule has 3 N–H and O–H groups in total. The van der Waals surface area contributed by atoms with Crippen LogP contribution in [0.4, 0.5) is 4.79 Å². The molecule has 0 radical (unpaired) electrons. The molecular weight excluding hydrogens is 764 g/mol. The number of methoxy groups -OCH3 is 1. The summed E-state index contributed by atoms with van der Waals surface area (Å²) in [5, 5.41) is 8.13. The normalized spacial score (nSPS) is 19.9. The van der Waals surface area contributed by atoms with Crippen molar-refractivity contribution in [2.45, 2.75) is 110 Å². The molecule has 0 aliphatic carbocycles. The van der Waals surface area contributed by atoms with E-state index in [1.54, 1.807) is 32.6 Å². The molecule has 4 heterocycles. The zero-order valence-electron chi connectivity index (χ0n) is 34.3. The van der Waals surface area contributed by atoms with Gasteiger partial charge in [0.1, 0.15) is 36.0 Å². The Labute approximate surface area is 343 Å². The molecule has 3 aliphatic heterocycles. The summed E-state index contributed by atoms with van der Waals surface area (Å²) in [7, 11) is 1.18. The Kier molecular flexibility index (Phi) is 14.7. The van der Waals surface area contributed by atoms with Gasteiger partial charge in [-0.3, -0.25) is 33.8 Å². The van der Waals surface area contributed by atoms with E-state index < -0.39 is 95.5 Å². The summed E-state index contributed by atoms with van der Waals surface area (Å²) in [4.78, 5) is 120. The summed E-state index contributed by atoms with van der Waals surface area (Å²) in [5.74, 6) is -6.14. The maximum Gasteiger partial charge on any atom is 0.410 e. The van der Waals surface area contributed by atoms with Gasteiger partial charge in [-0.2, -0.15) is 0 Å². The van der Waals surface area contributed by atoms with Crippen molar-refractivity contribution in [2.75, 3.05) is 26.7 Å². The molecule has 1 unspecified atom stereocenters. The summed E-state index contributed by atoms with van der Waals surface area (Å²) in [6.45, 7) is 9.29. The SMILES string of the molecule is CCCC[C@H](NC(=O)[C@@H]1C[C@@H](OC(=O)N2CCc3ccccc3C2)CN1C(=O)[C@@H](NC(=O)[C@@H](NC(=O)c1cnccn1)C(C)C)C(C)C)C(=O)C(=O)N1CC1C(=O)OC. The highest BCUT2D eigenvalue weighted by Crippen LogP contribution is 2.27. The van der Waals surface area contributed by atoms with Gasteiger partial charge in [-0.05, 0) is 35.8 Å². The number of Topliss-reactive ketones (excluding diaryl/α,β-unsaturated/α-hetero) is 1. The van der Waals surface area contributed by atoms with E-state index in [2.05, 4.69) is 25.9 Å². The number of benzene rings is 1. The van der Waals surface area contributed by atoms with Gasteiger partial charge in [-0.15, -0.1) is 0 Å². The molecule has 6 amide bonds. The number of carbonyl (C=O) groups is 8. The fourth-order valence-electron chi connectivity index (χ4n) is 7.28. The van der Waals surface area contributed by atoms with Crippen molar-refractivity contribution < 1.29 is 47.8 Å². The third-order valence-electron chi connectivity index (χ3n) is 10.8. The Hall–Kier alpha value is -5.94. The van der Waals surface area contributed by atoms with Crippen molar-refractivity contribution in [1.82, 2.24) is 40.6 Å². The van der Waals surface area contributed by atoms with E-state index in [9.17, 15) is 38.4 Å². The molecule has 318 valence electrons. The number of ether oxygens (including phenoxy) is 2. The monoisotopic (exact) mass is 818 g/mol. The number of fused-ring (bicyclic) bond motifs is 1. The van der Waals surface area contributed by atoms with Gasteiger partial charge < -0.3 is 40.1 Å². The molecule has 0 saturated carbocycles. The number of carbonyl (C=O) groups excluding carboxylic acids is 8. The molecule has 3 aliphatic rings. The van der Waals surface area contributed by atoms with Crippen LogP contribution in [-0.4, -0.2) is 135 Å². The first-order valence-corrected chi connectivity index (χ1v) is 20.1. The zero-order valence-corrected chi connectivity index (χ0v) is 34.3. The molecule has 6 atom stereocenters. The topological polar surface area (TPSA) is 226 Å². The van der Waals surface area contributed by atoms with E-state index in [0.29, 0.717) is 32.4 Å². The number of aromatic nitrogens is 2.